The minimum atomic E-state index is -0.968. The summed E-state index contributed by atoms with van der Waals surface area (Å²) in [4.78, 5) is 0. The molecule has 0 spiro atoms. The number of terminal acetylenes is 3. The lowest BCUT2D eigenvalue weighted by molar-refractivity contribution is 0.305. The van der Waals surface area contributed by atoms with Crippen LogP contribution in [0.5, 0.6) is 28.7 Å². The second-order valence-electron chi connectivity index (χ2n) is 27.8. The molecule has 0 aromatic heterocycles. The lowest BCUT2D eigenvalue weighted by atomic mass is 9.66. The molecule has 0 fully saturated rings. The minimum Gasteiger partial charge on any atom is -0.494 e. The topological polar surface area (TPSA) is 46.2 Å². The predicted octanol–water partition coefficient (Wildman–Crippen LogP) is 22.3. The van der Waals surface area contributed by atoms with Crippen LogP contribution in [-0.2, 0) is 16.2 Å². The molecule has 5 heteroatoms. The Labute approximate surface area is 653 Å². The summed E-state index contributed by atoms with van der Waals surface area (Å²) < 4.78 is 30.9. The van der Waals surface area contributed by atoms with Gasteiger partial charge in [0.2, 0.25) is 0 Å². The molecule has 0 bridgehead atoms. The van der Waals surface area contributed by atoms with Crippen LogP contribution in [0, 0.1) is 116 Å². The van der Waals surface area contributed by atoms with Gasteiger partial charge in [-0.15, -0.1) is 19.3 Å². The lowest BCUT2D eigenvalue weighted by Gasteiger charge is -2.35. The third kappa shape index (κ3) is 13.6. The van der Waals surface area contributed by atoms with Crippen molar-refractivity contribution < 1.29 is 23.7 Å². The predicted molar refractivity (Wildman–Crippen MR) is 448 cm³/mol. The number of hydrogen-bond donors (Lipinski definition) is 0. The first-order chi connectivity index (χ1) is 54.8. The summed E-state index contributed by atoms with van der Waals surface area (Å²) in [6, 6.07) is 97.2. The zero-order valence-electron chi connectivity index (χ0n) is 62.2. The van der Waals surface area contributed by atoms with Gasteiger partial charge in [-0.25, -0.2) is 0 Å². The lowest BCUT2D eigenvalue weighted by Crippen LogP contribution is -2.29. The molecule has 12 aromatic carbocycles. The normalized spacial score (nSPS) is 14.1. The number of aryl methyl sites for hydroxylation is 1. The highest BCUT2D eigenvalue weighted by molar-refractivity contribution is 6.00. The summed E-state index contributed by atoms with van der Waals surface area (Å²) in [6.07, 6.45) is 33.3. The first-order valence-electron chi connectivity index (χ1n) is 37.8. The average Bonchev–Trinajstić information content (AvgIpc) is 1.54. The number of hydrogen-bond acceptors (Lipinski definition) is 5. The van der Waals surface area contributed by atoms with Gasteiger partial charge in [0.1, 0.15) is 47.1 Å². The Morgan fingerprint density at radius 3 is 0.937 bits per heavy atom. The van der Waals surface area contributed by atoms with Crippen molar-refractivity contribution in [3.8, 4) is 193 Å². The molecule has 15 rings (SSSR count). The van der Waals surface area contributed by atoms with Gasteiger partial charge in [-0.3, -0.25) is 0 Å². The first kappa shape index (κ1) is 72.3. The van der Waals surface area contributed by atoms with Crippen molar-refractivity contribution in [2.45, 2.75) is 88.4 Å². The van der Waals surface area contributed by atoms with Crippen molar-refractivity contribution in [3.05, 3.63) is 339 Å². The van der Waals surface area contributed by atoms with E-state index in [9.17, 15) is 0 Å². The molecule has 3 aliphatic carbocycles. The summed E-state index contributed by atoms with van der Waals surface area (Å²) in [7, 11) is 0. The van der Waals surface area contributed by atoms with Crippen molar-refractivity contribution >= 4 is 0 Å². The minimum absolute atomic E-state index is 0.551. The third-order valence-corrected chi connectivity index (χ3v) is 21.6. The van der Waals surface area contributed by atoms with Crippen LogP contribution in [-0.4, -0.2) is 13.2 Å². The summed E-state index contributed by atoms with van der Waals surface area (Å²) in [6.45, 7) is 7.94. The number of ether oxygens (including phenoxy) is 5. The van der Waals surface area contributed by atoms with Crippen LogP contribution in [0.1, 0.15) is 138 Å². The van der Waals surface area contributed by atoms with Gasteiger partial charge >= 0.3 is 0 Å². The molecule has 111 heavy (non-hydrogen) atoms. The van der Waals surface area contributed by atoms with Crippen LogP contribution >= 0.6 is 0 Å². The van der Waals surface area contributed by atoms with Crippen molar-refractivity contribution in [2.75, 3.05) is 13.2 Å². The molecule has 0 saturated carbocycles. The highest BCUT2D eigenvalue weighted by Crippen LogP contribution is 2.63. The van der Waals surface area contributed by atoms with Gasteiger partial charge < -0.3 is 23.7 Å². The summed E-state index contributed by atoms with van der Waals surface area (Å²) in [5.41, 5.74) is 23.1. The summed E-state index contributed by atoms with van der Waals surface area (Å²) in [5.74, 6) is 34.0. The Balaban J connectivity index is 0.942. The van der Waals surface area contributed by atoms with Crippen molar-refractivity contribution in [3.63, 3.8) is 0 Å². The van der Waals surface area contributed by atoms with Gasteiger partial charge in [0.15, 0.2) is 0 Å². The maximum atomic E-state index is 6.59. The largest absolute Gasteiger partial charge is 0.494 e. The van der Waals surface area contributed by atoms with Crippen LogP contribution in [0.25, 0.3) is 55.6 Å². The standard InChI is InChI=1S/C106H76O5/c1-7-12-17-26-69-107-85-57-47-80(48-58-85)104(79-45-41-76(6)42-46-79)96-37-24-22-33-94(96)102-90(35-31-39-98(102)104)77-43-67-92-93-68-44-78(75-101(93)106(100(92)74-77,83-53-63-88(64-54-83)110-72-29-20-15-10-4)84-55-65-89(66-56-84)111-73-30-21-16-11-5)91-36-32-40-99-103(91)95-34-23-25-38-97(95)105(99,81-49-59-86(60-50-81)108-70-27-18-13-8-2)82-51-61-87(62-52-82)109-71-28-19-14-9-3/h2-4,22-25,31-68,74-75H,7,11-12,16-17,21,26,30,69,73H2,1,5-6H3. The van der Waals surface area contributed by atoms with Gasteiger partial charge in [0, 0.05) is 35.5 Å². The van der Waals surface area contributed by atoms with Crippen LogP contribution < -0.4 is 23.7 Å². The maximum absolute atomic E-state index is 6.59. The van der Waals surface area contributed by atoms with E-state index in [1.165, 1.54) is 51.8 Å². The van der Waals surface area contributed by atoms with Gasteiger partial charge in [-0.2, -0.15) is 0 Å². The van der Waals surface area contributed by atoms with Crippen LogP contribution in [0.3, 0.4) is 0 Å². The molecular weight excluding hydrogens is 1350 g/mol. The van der Waals surface area contributed by atoms with E-state index in [2.05, 4.69) is 341 Å². The Hall–Kier alpha value is -14.3. The summed E-state index contributed by atoms with van der Waals surface area (Å²) >= 11 is 0. The second-order valence-corrected chi connectivity index (χ2v) is 27.8. The fourth-order valence-corrected chi connectivity index (χ4v) is 16.9. The van der Waals surface area contributed by atoms with Gasteiger partial charge in [0.25, 0.3) is 0 Å². The van der Waals surface area contributed by atoms with E-state index in [0.29, 0.717) is 30.5 Å². The molecule has 0 heterocycles. The zero-order valence-corrected chi connectivity index (χ0v) is 62.2. The molecule has 0 radical (unpaired) electrons. The van der Waals surface area contributed by atoms with Crippen LogP contribution in [0.2, 0.25) is 0 Å². The van der Waals surface area contributed by atoms with Gasteiger partial charge in [-0.05, 0) is 250 Å². The third-order valence-electron chi connectivity index (χ3n) is 21.6. The number of benzene rings is 12. The van der Waals surface area contributed by atoms with Gasteiger partial charge in [0.05, 0.1) is 29.5 Å². The Morgan fingerprint density at radius 1 is 0.270 bits per heavy atom. The van der Waals surface area contributed by atoms with Crippen molar-refractivity contribution in [1.82, 2.24) is 0 Å². The summed E-state index contributed by atoms with van der Waals surface area (Å²) in [5, 5.41) is 0. The molecule has 0 amide bonds. The molecule has 12 aromatic rings. The Morgan fingerprint density at radius 2 is 0.586 bits per heavy atom. The van der Waals surface area contributed by atoms with E-state index < -0.39 is 16.2 Å². The van der Waals surface area contributed by atoms with Crippen molar-refractivity contribution in [2.24, 2.45) is 0 Å². The Kier molecular flexibility index (Phi) is 21.4. The molecular formula is C106H76O5. The fraction of sp³-hybridized carbons (Fsp3) is 0.151. The van der Waals surface area contributed by atoms with Crippen molar-refractivity contribution in [1.29, 1.82) is 0 Å². The number of unbranched alkanes of at least 4 members (excludes halogenated alkanes) is 6. The molecule has 0 N–H and O–H groups in total. The molecule has 3 aliphatic rings. The van der Waals surface area contributed by atoms with E-state index in [-0.39, 0.29) is 0 Å². The SMILES string of the molecule is C#CC#CC#COc1ccc(C2(c3ccc(OCCCCCC)cc3)c3cc(-c4cccc5c4-c4ccccc4C5(c4ccc(OC#CC#CC#C)cc4)c4ccc(OC#CC#CC#C)cc4)ccc3-c3ccc(-c4cccc5c4-c4ccccc4C5(c4ccc(C)cc4)c4ccc(OCCCCCC)cc4)cc32)cc1. The second kappa shape index (κ2) is 32.8. The van der Waals surface area contributed by atoms with E-state index in [1.807, 2.05) is 36.4 Å². The van der Waals surface area contributed by atoms with Crippen LogP contribution in [0.15, 0.2) is 267 Å². The smallest absolute Gasteiger partial charge is 0.140 e. The molecule has 530 valence electrons. The number of fused-ring (bicyclic) bond motifs is 9. The Bertz CT molecular complexity index is 5990. The zero-order chi connectivity index (χ0) is 76.0. The molecule has 0 aliphatic heterocycles. The monoisotopic (exact) mass is 1430 g/mol. The fourth-order valence-electron chi connectivity index (χ4n) is 16.9. The van der Waals surface area contributed by atoms with E-state index in [1.54, 1.807) is 0 Å². The number of rotatable bonds is 23. The quantitative estimate of drug-likeness (QED) is 0.0472. The van der Waals surface area contributed by atoms with E-state index in [0.717, 1.165) is 139 Å². The first-order valence-corrected chi connectivity index (χ1v) is 37.8. The van der Waals surface area contributed by atoms with E-state index >= 15 is 0 Å². The molecule has 0 saturated heterocycles. The average molecular weight is 1430 g/mol. The molecule has 2 atom stereocenters. The highest BCUT2D eigenvalue weighted by atomic mass is 16.5. The van der Waals surface area contributed by atoms with E-state index in [4.69, 9.17) is 43.0 Å². The maximum Gasteiger partial charge on any atom is 0.140 e. The molecule has 5 nitrogen and oxygen atoms in total. The van der Waals surface area contributed by atoms with Crippen LogP contribution in [0.4, 0.5) is 0 Å². The van der Waals surface area contributed by atoms with Gasteiger partial charge in [-0.1, -0.05) is 252 Å². The highest BCUT2D eigenvalue weighted by Gasteiger charge is 2.51. The molecule has 2 unspecified atom stereocenters.